The van der Waals surface area contributed by atoms with E-state index in [1.807, 2.05) is 0 Å². The van der Waals surface area contributed by atoms with Crippen LogP contribution in [0.1, 0.15) is 44.3 Å². The summed E-state index contributed by atoms with van der Waals surface area (Å²) in [7, 11) is 0. The monoisotopic (exact) mass is 251 g/mol. The smallest absolute Gasteiger partial charge is 0.234 e. The molecule has 100 valence electrons. The van der Waals surface area contributed by atoms with E-state index in [0.717, 1.165) is 50.9 Å². The molecule has 1 aromatic rings. The Kier molecular flexibility index (Phi) is 3.11. The number of hydrogen-bond donors (Lipinski definition) is 1. The molecule has 0 aromatic carbocycles. The number of nitrogens with zero attached hydrogens (tertiary/aromatic N) is 2. The van der Waals surface area contributed by atoms with E-state index in [9.17, 15) is 0 Å². The highest BCUT2D eigenvalue weighted by atomic mass is 16.5. The van der Waals surface area contributed by atoms with Gasteiger partial charge in [-0.15, -0.1) is 0 Å². The van der Waals surface area contributed by atoms with Gasteiger partial charge in [0.25, 0.3) is 0 Å². The highest BCUT2D eigenvalue weighted by Crippen LogP contribution is 2.37. The Balaban J connectivity index is 1.86. The molecule has 0 spiro atoms. The van der Waals surface area contributed by atoms with Crippen molar-refractivity contribution in [2.45, 2.75) is 38.0 Å². The zero-order valence-corrected chi connectivity index (χ0v) is 11.1. The van der Waals surface area contributed by atoms with Gasteiger partial charge in [-0.25, -0.2) is 0 Å². The van der Waals surface area contributed by atoms with Crippen molar-refractivity contribution in [3.05, 3.63) is 11.7 Å². The third-order valence-corrected chi connectivity index (χ3v) is 4.46. The zero-order valence-electron chi connectivity index (χ0n) is 11.1. The Morgan fingerprint density at radius 2 is 2.33 bits per heavy atom. The molecule has 1 aromatic heterocycles. The molecule has 5 nitrogen and oxygen atoms in total. The van der Waals surface area contributed by atoms with Crippen LogP contribution in [0.3, 0.4) is 0 Å². The van der Waals surface area contributed by atoms with Crippen LogP contribution in [0.2, 0.25) is 0 Å². The molecule has 2 atom stereocenters. The number of aromatic nitrogens is 2. The summed E-state index contributed by atoms with van der Waals surface area (Å²) in [5, 5.41) is 7.60. The number of nitrogens with one attached hydrogen (secondary N) is 1. The summed E-state index contributed by atoms with van der Waals surface area (Å²) < 4.78 is 11.0. The molecule has 18 heavy (non-hydrogen) atoms. The minimum atomic E-state index is 0.0186. The van der Waals surface area contributed by atoms with E-state index >= 15 is 0 Å². The lowest BCUT2D eigenvalue weighted by Crippen LogP contribution is -2.35. The van der Waals surface area contributed by atoms with Gasteiger partial charge in [-0.2, -0.15) is 4.98 Å². The molecule has 2 unspecified atom stereocenters. The summed E-state index contributed by atoms with van der Waals surface area (Å²) in [5.41, 5.74) is 0.0186. The van der Waals surface area contributed by atoms with Crippen molar-refractivity contribution < 1.29 is 9.26 Å². The Morgan fingerprint density at radius 1 is 1.44 bits per heavy atom. The van der Waals surface area contributed by atoms with Crippen LogP contribution in [-0.4, -0.2) is 36.4 Å². The lowest BCUT2D eigenvalue weighted by atomic mass is 9.76. The lowest BCUT2D eigenvalue weighted by Gasteiger charge is -2.28. The van der Waals surface area contributed by atoms with E-state index in [2.05, 4.69) is 29.3 Å². The van der Waals surface area contributed by atoms with Crippen molar-refractivity contribution in [1.29, 1.82) is 0 Å². The predicted octanol–water partition coefficient (Wildman–Crippen LogP) is 1.46. The van der Waals surface area contributed by atoms with Gasteiger partial charge in [-0.05, 0) is 25.3 Å². The average molecular weight is 251 g/mol. The third kappa shape index (κ3) is 1.86. The van der Waals surface area contributed by atoms with Crippen LogP contribution in [0.25, 0.3) is 0 Å². The maximum absolute atomic E-state index is 5.57. The van der Waals surface area contributed by atoms with Crippen molar-refractivity contribution >= 4 is 0 Å². The van der Waals surface area contributed by atoms with Crippen LogP contribution in [0.5, 0.6) is 0 Å². The van der Waals surface area contributed by atoms with E-state index < -0.39 is 0 Å². The van der Waals surface area contributed by atoms with Gasteiger partial charge in [0.05, 0.1) is 12.0 Å². The first-order chi connectivity index (χ1) is 8.72. The first kappa shape index (κ1) is 12.1. The maximum atomic E-state index is 5.57. The first-order valence-corrected chi connectivity index (χ1v) is 6.85. The third-order valence-electron chi connectivity index (χ3n) is 4.46. The molecular weight excluding hydrogens is 230 g/mol. The summed E-state index contributed by atoms with van der Waals surface area (Å²) in [5.74, 6) is 2.46. The molecule has 3 heterocycles. The van der Waals surface area contributed by atoms with Crippen molar-refractivity contribution in [1.82, 2.24) is 15.5 Å². The van der Waals surface area contributed by atoms with E-state index in [4.69, 9.17) is 9.26 Å². The molecule has 3 rings (SSSR count). The van der Waals surface area contributed by atoms with Gasteiger partial charge in [-0.1, -0.05) is 19.0 Å². The van der Waals surface area contributed by atoms with E-state index in [-0.39, 0.29) is 5.41 Å². The van der Waals surface area contributed by atoms with Crippen LogP contribution in [0, 0.1) is 5.92 Å². The topological polar surface area (TPSA) is 60.2 Å². The van der Waals surface area contributed by atoms with Crippen LogP contribution < -0.4 is 5.32 Å². The second kappa shape index (κ2) is 4.63. The highest BCUT2D eigenvalue weighted by Gasteiger charge is 2.44. The molecule has 5 heteroatoms. The molecule has 0 bridgehead atoms. The first-order valence-electron chi connectivity index (χ1n) is 6.85. The van der Waals surface area contributed by atoms with Crippen molar-refractivity contribution in [3.8, 4) is 0 Å². The molecule has 2 fully saturated rings. The fourth-order valence-electron chi connectivity index (χ4n) is 2.97. The number of rotatable bonds is 3. The molecule has 0 saturated carbocycles. The van der Waals surface area contributed by atoms with Gasteiger partial charge in [0.15, 0.2) is 5.82 Å². The molecule has 1 N–H and O–H groups in total. The Bertz CT molecular complexity index is 404. The SMILES string of the molecule is CC(C)C1(c2nc(C3CCOC3)no2)CCNC1. The normalized spacial score (nSPS) is 32.5. The summed E-state index contributed by atoms with van der Waals surface area (Å²) in [4.78, 5) is 4.67. The maximum Gasteiger partial charge on any atom is 0.234 e. The zero-order chi connectivity index (χ0) is 12.6. The van der Waals surface area contributed by atoms with Crippen molar-refractivity contribution in [2.24, 2.45) is 5.92 Å². The van der Waals surface area contributed by atoms with Gasteiger partial charge in [0, 0.05) is 19.1 Å². The minimum Gasteiger partial charge on any atom is -0.381 e. The van der Waals surface area contributed by atoms with Crippen LogP contribution in [0.4, 0.5) is 0 Å². The standard InChI is InChI=1S/C13H21N3O2/c1-9(2)13(4-5-14-8-13)12-15-11(16-18-12)10-3-6-17-7-10/h9-10,14H,3-8H2,1-2H3. The number of ether oxygens (including phenoxy) is 1. The largest absolute Gasteiger partial charge is 0.381 e. The molecular formula is C13H21N3O2. The molecule has 0 aliphatic carbocycles. The second-order valence-corrected chi connectivity index (χ2v) is 5.76. The Labute approximate surface area is 107 Å². The fraction of sp³-hybridized carbons (Fsp3) is 0.846. The Hall–Kier alpha value is -0.940. The Morgan fingerprint density at radius 3 is 2.94 bits per heavy atom. The molecule has 2 aliphatic heterocycles. The summed E-state index contributed by atoms with van der Waals surface area (Å²) in [6.07, 6.45) is 2.08. The van der Waals surface area contributed by atoms with Crippen LogP contribution >= 0.6 is 0 Å². The summed E-state index contributed by atoms with van der Waals surface area (Å²) >= 11 is 0. The fourth-order valence-corrected chi connectivity index (χ4v) is 2.97. The van der Waals surface area contributed by atoms with Crippen molar-refractivity contribution in [2.75, 3.05) is 26.3 Å². The molecule has 2 aliphatic rings. The van der Waals surface area contributed by atoms with E-state index in [1.54, 1.807) is 0 Å². The summed E-state index contributed by atoms with van der Waals surface area (Å²) in [6, 6.07) is 0. The van der Waals surface area contributed by atoms with Gasteiger partial charge in [-0.3, -0.25) is 0 Å². The molecule has 0 radical (unpaired) electrons. The van der Waals surface area contributed by atoms with Crippen molar-refractivity contribution in [3.63, 3.8) is 0 Å². The number of hydrogen-bond acceptors (Lipinski definition) is 5. The van der Waals surface area contributed by atoms with Gasteiger partial charge in [0.2, 0.25) is 5.89 Å². The molecule has 0 amide bonds. The quantitative estimate of drug-likeness (QED) is 0.881. The van der Waals surface area contributed by atoms with Crippen LogP contribution in [0.15, 0.2) is 4.52 Å². The summed E-state index contributed by atoms with van der Waals surface area (Å²) in [6.45, 7) is 7.97. The van der Waals surface area contributed by atoms with Gasteiger partial charge in [0.1, 0.15) is 0 Å². The predicted molar refractivity (Wildman–Crippen MR) is 66.5 cm³/mol. The van der Waals surface area contributed by atoms with Gasteiger partial charge < -0.3 is 14.6 Å². The lowest BCUT2D eigenvalue weighted by molar-refractivity contribution is 0.192. The molecule has 2 saturated heterocycles. The average Bonchev–Trinajstić information content (AvgIpc) is 3.11. The van der Waals surface area contributed by atoms with Gasteiger partial charge >= 0.3 is 0 Å². The van der Waals surface area contributed by atoms with E-state index in [1.165, 1.54) is 0 Å². The minimum absolute atomic E-state index is 0.0186. The van der Waals surface area contributed by atoms with E-state index in [0.29, 0.717) is 11.8 Å². The van der Waals surface area contributed by atoms with Crippen LogP contribution in [-0.2, 0) is 10.2 Å². The second-order valence-electron chi connectivity index (χ2n) is 5.76. The highest BCUT2D eigenvalue weighted by molar-refractivity contribution is 5.13.